The van der Waals surface area contributed by atoms with Gasteiger partial charge in [-0.15, -0.1) is 5.10 Å². The second-order valence-corrected chi connectivity index (χ2v) is 5.59. The van der Waals surface area contributed by atoms with E-state index in [2.05, 4.69) is 33.2 Å². The Balaban J connectivity index is 2.56. The Bertz CT molecular complexity index is 582. The van der Waals surface area contributed by atoms with E-state index in [-0.39, 0.29) is 6.04 Å². The number of halogens is 2. The third-order valence-corrected chi connectivity index (χ3v) is 3.96. The van der Waals surface area contributed by atoms with Gasteiger partial charge in [-0.2, -0.15) is 0 Å². The van der Waals surface area contributed by atoms with Gasteiger partial charge in [0.2, 0.25) is 0 Å². The molecule has 2 N–H and O–H groups in total. The van der Waals surface area contributed by atoms with Crippen LogP contribution in [0.25, 0.3) is 5.69 Å². The summed E-state index contributed by atoms with van der Waals surface area (Å²) in [6.07, 6.45) is 1.65. The highest BCUT2D eigenvalue weighted by Gasteiger charge is 2.18. The van der Waals surface area contributed by atoms with Crippen LogP contribution in [0.15, 0.2) is 22.7 Å². The maximum absolute atomic E-state index is 6.08. The first-order valence-electron chi connectivity index (χ1n) is 6.23. The summed E-state index contributed by atoms with van der Waals surface area (Å²) in [6, 6.07) is 5.51. The smallest absolute Gasteiger partial charge is 0.103 e. The molecule has 0 amide bonds. The van der Waals surface area contributed by atoms with Gasteiger partial charge in [-0.25, -0.2) is 4.68 Å². The lowest BCUT2D eigenvalue weighted by Gasteiger charge is -2.11. The third kappa shape index (κ3) is 2.83. The summed E-state index contributed by atoms with van der Waals surface area (Å²) in [5, 5.41) is 9.12. The molecular weight excluding hydrogens is 328 g/mol. The van der Waals surface area contributed by atoms with Crippen LogP contribution in [0.2, 0.25) is 5.02 Å². The van der Waals surface area contributed by atoms with Gasteiger partial charge in [0, 0.05) is 9.50 Å². The predicted octanol–water partition coefficient (Wildman–Crippen LogP) is 3.66. The van der Waals surface area contributed by atoms with Gasteiger partial charge in [0.15, 0.2) is 0 Å². The lowest BCUT2D eigenvalue weighted by molar-refractivity contribution is 0.665. The van der Waals surface area contributed by atoms with Crippen LogP contribution in [0.5, 0.6) is 0 Å². The Morgan fingerprint density at radius 3 is 2.79 bits per heavy atom. The number of nitrogens with zero attached hydrogens (tertiary/aromatic N) is 3. The van der Waals surface area contributed by atoms with Crippen molar-refractivity contribution in [1.82, 2.24) is 15.0 Å². The highest BCUT2D eigenvalue weighted by molar-refractivity contribution is 9.10. The summed E-state index contributed by atoms with van der Waals surface area (Å²) in [5.74, 6) is 0. The molecule has 0 fully saturated rings. The van der Waals surface area contributed by atoms with E-state index in [0.717, 1.165) is 34.4 Å². The van der Waals surface area contributed by atoms with Crippen molar-refractivity contribution in [2.45, 2.75) is 32.7 Å². The van der Waals surface area contributed by atoms with Gasteiger partial charge in [0.1, 0.15) is 5.69 Å². The van der Waals surface area contributed by atoms with E-state index < -0.39 is 0 Å². The molecular formula is C13H16BrClN4. The van der Waals surface area contributed by atoms with Crippen LogP contribution in [-0.2, 0) is 6.42 Å². The first-order chi connectivity index (χ1) is 9.08. The maximum Gasteiger partial charge on any atom is 0.103 e. The van der Waals surface area contributed by atoms with Gasteiger partial charge in [-0.3, -0.25) is 0 Å². The largest absolute Gasteiger partial charge is 0.323 e. The monoisotopic (exact) mass is 342 g/mol. The molecule has 0 spiro atoms. The Labute approximate surface area is 126 Å². The lowest BCUT2D eigenvalue weighted by atomic mass is 10.1. The fraction of sp³-hybridized carbons (Fsp3) is 0.385. The van der Waals surface area contributed by atoms with E-state index in [4.69, 9.17) is 17.3 Å². The van der Waals surface area contributed by atoms with E-state index in [1.807, 2.05) is 25.1 Å². The van der Waals surface area contributed by atoms with E-state index in [1.165, 1.54) is 0 Å². The summed E-state index contributed by atoms with van der Waals surface area (Å²) < 4.78 is 2.73. The first kappa shape index (κ1) is 14.5. The molecule has 2 aromatic rings. The van der Waals surface area contributed by atoms with Crippen LogP contribution in [0.4, 0.5) is 0 Å². The fourth-order valence-electron chi connectivity index (χ4n) is 1.97. The zero-order valence-corrected chi connectivity index (χ0v) is 13.2. The van der Waals surface area contributed by atoms with Crippen molar-refractivity contribution in [1.29, 1.82) is 0 Å². The van der Waals surface area contributed by atoms with Gasteiger partial charge >= 0.3 is 0 Å². The second-order valence-electron chi connectivity index (χ2n) is 4.30. The Kier molecular flexibility index (Phi) is 4.60. The molecule has 0 saturated heterocycles. The fourth-order valence-corrected chi connectivity index (χ4v) is 2.55. The highest BCUT2D eigenvalue weighted by atomic mass is 79.9. The number of benzene rings is 1. The molecule has 0 aliphatic heterocycles. The maximum atomic E-state index is 6.08. The summed E-state index contributed by atoms with van der Waals surface area (Å²) in [4.78, 5) is 0. The molecule has 1 unspecified atom stereocenters. The van der Waals surface area contributed by atoms with Crippen LogP contribution < -0.4 is 5.73 Å². The molecule has 6 heteroatoms. The number of aromatic nitrogens is 3. The molecule has 4 nitrogen and oxygen atoms in total. The quantitative estimate of drug-likeness (QED) is 0.921. The second kappa shape index (κ2) is 6.03. The minimum absolute atomic E-state index is 0.0818. The van der Waals surface area contributed by atoms with E-state index in [1.54, 1.807) is 4.68 Å². The molecule has 1 aromatic heterocycles. The van der Waals surface area contributed by atoms with E-state index >= 15 is 0 Å². The van der Waals surface area contributed by atoms with Crippen molar-refractivity contribution in [3.8, 4) is 5.69 Å². The summed E-state index contributed by atoms with van der Waals surface area (Å²) in [5.41, 5.74) is 8.84. The molecule has 1 heterocycles. The van der Waals surface area contributed by atoms with Crippen molar-refractivity contribution in [2.75, 3.05) is 0 Å². The van der Waals surface area contributed by atoms with Gasteiger partial charge in [-0.1, -0.05) is 30.7 Å². The van der Waals surface area contributed by atoms with Crippen molar-refractivity contribution in [3.63, 3.8) is 0 Å². The van der Waals surface area contributed by atoms with Gasteiger partial charge in [0.25, 0.3) is 0 Å². The molecule has 2 rings (SSSR count). The molecule has 0 aliphatic carbocycles. The Morgan fingerprint density at radius 1 is 1.42 bits per heavy atom. The van der Waals surface area contributed by atoms with Crippen LogP contribution in [-0.4, -0.2) is 15.0 Å². The zero-order valence-electron chi connectivity index (χ0n) is 10.9. The summed E-state index contributed by atoms with van der Waals surface area (Å²) in [7, 11) is 0. The molecule has 0 saturated carbocycles. The van der Waals surface area contributed by atoms with Crippen LogP contribution in [0, 0.1) is 0 Å². The minimum Gasteiger partial charge on any atom is -0.323 e. The zero-order chi connectivity index (χ0) is 14.0. The molecule has 0 radical (unpaired) electrons. The lowest BCUT2D eigenvalue weighted by Crippen LogP contribution is -2.12. The van der Waals surface area contributed by atoms with Crippen LogP contribution >= 0.6 is 27.5 Å². The molecule has 0 bridgehead atoms. The van der Waals surface area contributed by atoms with Crippen LogP contribution in [0.3, 0.4) is 0 Å². The van der Waals surface area contributed by atoms with Crippen molar-refractivity contribution in [2.24, 2.45) is 5.73 Å². The first-order valence-corrected chi connectivity index (χ1v) is 7.41. The highest BCUT2D eigenvalue weighted by Crippen LogP contribution is 2.27. The predicted molar refractivity (Wildman–Crippen MR) is 80.7 cm³/mol. The third-order valence-electron chi connectivity index (χ3n) is 3.06. The summed E-state index contributed by atoms with van der Waals surface area (Å²) >= 11 is 9.57. The molecule has 1 aromatic carbocycles. The van der Waals surface area contributed by atoms with Gasteiger partial charge in [-0.05, 0) is 47.0 Å². The average molecular weight is 344 g/mol. The van der Waals surface area contributed by atoms with E-state index in [0.29, 0.717) is 5.02 Å². The number of nitrogens with two attached hydrogens (primary N) is 1. The van der Waals surface area contributed by atoms with Crippen molar-refractivity contribution < 1.29 is 0 Å². The standard InChI is InChI=1S/C13H16BrClN4/c1-3-10(16)13-11(4-2)19(18-17-13)12-7-8(15)5-6-9(12)14/h5-7,10H,3-4,16H2,1-2H3. The van der Waals surface area contributed by atoms with E-state index in [9.17, 15) is 0 Å². The Hall–Kier alpha value is -0.910. The van der Waals surface area contributed by atoms with Gasteiger partial charge < -0.3 is 5.73 Å². The molecule has 19 heavy (non-hydrogen) atoms. The van der Waals surface area contributed by atoms with Crippen LogP contribution in [0.1, 0.15) is 37.7 Å². The topological polar surface area (TPSA) is 56.7 Å². The van der Waals surface area contributed by atoms with Crippen molar-refractivity contribution >= 4 is 27.5 Å². The number of hydrogen-bond donors (Lipinski definition) is 1. The Morgan fingerprint density at radius 2 is 2.16 bits per heavy atom. The van der Waals surface area contributed by atoms with Crippen molar-refractivity contribution in [3.05, 3.63) is 39.1 Å². The normalized spacial score (nSPS) is 12.7. The molecule has 102 valence electrons. The minimum atomic E-state index is -0.0818. The number of rotatable bonds is 4. The molecule has 0 aliphatic rings. The number of hydrogen-bond acceptors (Lipinski definition) is 3. The molecule has 1 atom stereocenters. The average Bonchev–Trinajstić information content (AvgIpc) is 2.84. The van der Waals surface area contributed by atoms with Gasteiger partial charge in [0.05, 0.1) is 17.4 Å². The summed E-state index contributed by atoms with van der Waals surface area (Å²) in [6.45, 7) is 4.11. The SMILES string of the molecule is CCc1c(C(N)CC)nnn1-c1cc(Cl)ccc1Br.